The van der Waals surface area contributed by atoms with Crippen LogP contribution in [0.15, 0.2) is 52.2 Å². The second kappa shape index (κ2) is 10.6. The zero-order valence-electron chi connectivity index (χ0n) is 18.8. The number of carbonyl (C=O) groups excluding carboxylic acids is 2. The van der Waals surface area contributed by atoms with Crippen LogP contribution in [0.3, 0.4) is 0 Å². The fourth-order valence-electron chi connectivity index (χ4n) is 4.34. The number of furan rings is 1. The molecule has 2 aromatic rings. The molecule has 176 valence electrons. The average molecular weight is 455 g/mol. The van der Waals surface area contributed by atoms with Crippen molar-refractivity contribution >= 4 is 17.5 Å². The van der Waals surface area contributed by atoms with Gasteiger partial charge in [-0.2, -0.15) is 5.10 Å². The van der Waals surface area contributed by atoms with Gasteiger partial charge >= 0.3 is 0 Å². The van der Waals surface area contributed by atoms with Gasteiger partial charge in [-0.15, -0.1) is 0 Å². The van der Waals surface area contributed by atoms with Gasteiger partial charge in [0, 0.05) is 18.9 Å². The summed E-state index contributed by atoms with van der Waals surface area (Å²) in [6, 6.07) is 11.0. The van der Waals surface area contributed by atoms with Crippen molar-refractivity contribution in [3.05, 3.63) is 54.0 Å². The Hall–Kier alpha value is -3.17. The van der Waals surface area contributed by atoms with Crippen LogP contribution in [0.5, 0.6) is 5.75 Å². The molecular weight excluding hydrogens is 424 g/mol. The fourth-order valence-corrected chi connectivity index (χ4v) is 4.34. The van der Waals surface area contributed by atoms with Gasteiger partial charge < -0.3 is 19.6 Å². The largest absolute Gasteiger partial charge is 0.497 e. The minimum absolute atomic E-state index is 0.0267. The van der Waals surface area contributed by atoms with E-state index in [0.717, 1.165) is 17.0 Å². The number of hydrazone groups is 1. The molecule has 1 atom stereocenters. The zero-order valence-corrected chi connectivity index (χ0v) is 18.8. The molecule has 1 fully saturated rings. The van der Waals surface area contributed by atoms with Gasteiger partial charge in [0.1, 0.15) is 17.6 Å². The summed E-state index contributed by atoms with van der Waals surface area (Å²) < 4.78 is 10.9. The van der Waals surface area contributed by atoms with Crippen molar-refractivity contribution in [2.45, 2.75) is 25.3 Å². The molecule has 0 bridgehead atoms. The quantitative estimate of drug-likeness (QED) is 0.630. The van der Waals surface area contributed by atoms with Gasteiger partial charge in [-0.05, 0) is 67.9 Å². The number of likely N-dealkylation sites (tertiary alicyclic amines) is 1. The average Bonchev–Trinajstić information content (AvgIpc) is 3.53. The summed E-state index contributed by atoms with van der Waals surface area (Å²) in [5, 5.41) is 17.8. The summed E-state index contributed by atoms with van der Waals surface area (Å²) >= 11 is 0. The van der Waals surface area contributed by atoms with Crippen LogP contribution >= 0.6 is 0 Å². The number of benzene rings is 1. The van der Waals surface area contributed by atoms with Crippen molar-refractivity contribution in [1.82, 2.24) is 15.2 Å². The Balaban J connectivity index is 1.42. The lowest BCUT2D eigenvalue weighted by molar-refractivity contribution is -0.135. The maximum Gasteiger partial charge on any atom is 0.257 e. The van der Waals surface area contributed by atoms with Gasteiger partial charge in [0.05, 0.1) is 32.2 Å². The second-order valence-electron chi connectivity index (χ2n) is 8.31. The lowest BCUT2D eigenvalue weighted by Gasteiger charge is -2.32. The van der Waals surface area contributed by atoms with Crippen LogP contribution in [-0.2, 0) is 9.59 Å². The third-order valence-corrected chi connectivity index (χ3v) is 6.19. The summed E-state index contributed by atoms with van der Waals surface area (Å²) in [7, 11) is 1.62. The van der Waals surface area contributed by atoms with Crippen LogP contribution in [0, 0.1) is 5.92 Å². The Morgan fingerprint density at radius 2 is 1.97 bits per heavy atom. The normalized spacial score (nSPS) is 19.4. The molecule has 9 nitrogen and oxygen atoms in total. The fraction of sp³-hybridized carbons (Fsp3) is 0.458. The van der Waals surface area contributed by atoms with Crippen LogP contribution in [0.1, 0.15) is 36.6 Å². The van der Waals surface area contributed by atoms with Crippen molar-refractivity contribution in [2.75, 3.05) is 39.9 Å². The molecule has 0 aliphatic carbocycles. The molecule has 0 unspecified atom stereocenters. The van der Waals surface area contributed by atoms with Crippen molar-refractivity contribution in [2.24, 2.45) is 11.0 Å². The predicted octanol–water partition coefficient (Wildman–Crippen LogP) is 1.79. The van der Waals surface area contributed by atoms with Crippen LogP contribution in [-0.4, -0.2) is 72.4 Å². The van der Waals surface area contributed by atoms with E-state index in [1.54, 1.807) is 18.4 Å². The van der Waals surface area contributed by atoms with Crippen molar-refractivity contribution < 1.29 is 23.8 Å². The summed E-state index contributed by atoms with van der Waals surface area (Å²) in [5.41, 5.74) is 1.77. The Kier molecular flexibility index (Phi) is 7.41. The standard InChI is InChI=1S/C24H30N4O5/c1-32-19-6-4-17(5-7-19)20-15-21(22-3-2-14-33-22)28(26-20)23(30)16-27-11-8-18(9-12-27)24(31)25-10-13-29/h2-7,14,18,21,29H,8-13,15-16H2,1H3,(H,25,31)/t21-/m1/s1. The first-order chi connectivity index (χ1) is 16.1. The number of hydrogen-bond acceptors (Lipinski definition) is 7. The summed E-state index contributed by atoms with van der Waals surface area (Å²) in [5.74, 6) is 1.27. The van der Waals surface area contributed by atoms with E-state index in [2.05, 4.69) is 15.3 Å². The Bertz CT molecular complexity index is 965. The molecule has 0 spiro atoms. The number of nitrogens with one attached hydrogen (secondary N) is 1. The predicted molar refractivity (Wildman–Crippen MR) is 122 cm³/mol. The van der Waals surface area contributed by atoms with Crippen LogP contribution < -0.4 is 10.1 Å². The highest BCUT2D eigenvalue weighted by Crippen LogP contribution is 2.33. The monoisotopic (exact) mass is 454 g/mol. The van der Waals surface area contributed by atoms with Gasteiger partial charge in [-0.3, -0.25) is 14.5 Å². The lowest BCUT2D eigenvalue weighted by Crippen LogP contribution is -2.45. The molecule has 3 heterocycles. The maximum atomic E-state index is 13.3. The first kappa shape index (κ1) is 23.0. The van der Waals surface area contributed by atoms with Crippen molar-refractivity contribution in [3.8, 4) is 5.75 Å². The molecular formula is C24H30N4O5. The highest BCUT2D eigenvalue weighted by molar-refractivity contribution is 6.03. The topological polar surface area (TPSA) is 108 Å². The van der Waals surface area contributed by atoms with E-state index >= 15 is 0 Å². The van der Waals surface area contributed by atoms with Gasteiger partial charge in [0.15, 0.2) is 0 Å². The number of aliphatic hydroxyl groups is 1. The van der Waals surface area contributed by atoms with E-state index in [1.807, 2.05) is 36.4 Å². The number of hydrogen-bond donors (Lipinski definition) is 2. The Morgan fingerprint density at radius 3 is 2.61 bits per heavy atom. The number of ether oxygens (including phenoxy) is 1. The number of methoxy groups -OCH3 is 1. The highest BCUT2D eigenvalue weighted by Gasteiger charge is 2.36. The highest BCUT2D eigenvalue weighted by atomic mass is 16.5. The van der Waals surface area contributed by atoms with Crippen LogP contribution in [0.4, 0.5) is 0 Å². The van der Waals surface area contributed by atoms with E-state index < -0.39 is 0 Å². The number of carbonyl (C=O) groups is 2. The molecule has 1 aromatic heterocycles. The summed E-state index contributed by atoms with van der Waals surface area (Å²) in [4.78, 5) is 27.5. The molecule has 1 aromatic carbocycles. The van der Waals surface area contributed by atoms with Crippen molar-refractivity contribution in [1.29, 1.82) is 0 Å². The Morgan fingerprint density at radius 1 is 1.21 bits per heavy atom. The first-order valence-electron chi connectivity index (χ1n) is 11.3. The van der Waals surface area contributed by atoms with Gasteiger partial charge in [0.2, 0.25) is 5.91 Å². The molecule has 4 rings (SSSR count). The number of piperidine rings is 1. The third kappa shape index (κ3) is 5.43. The molecule has 2 amide bonds. The van der Waals surface area contributed by atoms with Gasteiger partial charge in [-0.1, -0.05) is 0 Å². The zero-order chi connectivity index (χ0) is 23.2. The van der Waals surface area contributed by atoms with Crippen LogP contribution in [0.25, 0.3) is 0 Å². The molecule has 33 heavy (non-hydrogen) atoms. The van der Waals surface area contributed by atoms with Crippen LogP contribution in [0.2, 0.25) is 0 Å². The van der Waals surface area contributed by atoms with Gasteiger partial charge in [0.25, 0.3) is 5.91 Å². The smallest absolute Gasteiger partial charge is 0.257 e. The molecule has 1 saturated heterocycles. The van der Waals surface area contributed by atoms with E-state index in [0.29, 0.717) is 38.1 Å². The molecule has 9 heteroatoms. The molecule has 2 aliphatic rings. The number of nitrogens with zero attached hydrogens (tertiary/aromatic N) is 3. The lowest BCUT2D eigenvalue weighted by atomic mass is 9.96. The number of aliphatic hydroxyl groups excluding tert-OH is 1. The summed E-state index contributed by atoms with van der Waals surface area (Å²) in [6.45, 7) is 1.77. The van der Waals surface area contributed by atoms with E-state index in [9.17, 15) is 9.59 Å². The number of amides is 2. The molecule has 0 saturated carbocycles. The minimum atomic E-state index is -0.286. The van der Waals surface area contributed by atoms with E-state index in [1.165, 1.54) is 0 Å². The SMILES string of the molecule is COc1ccc(C2=NN(C(=O)CN3CCC(C(=O)NCCO)CC3)[C@@H](c3ccco3)C2)cc1. The molecule has 2 aliphatic heterocycles. The second-order valence-corrected chi connectivity index (χ2v) is 8.31. The van der Waals surface area contributed by atoms with E-state index in [-0.39, 0.29) is 43.5 Å². The Labute approximate surface area is 193 Å². The minimum Gasteiger partial charge on any atom is -0.497 e. The molecule has 2 N–H and O–H groups in total. The number of rotatable bonds is 8. The third-order valence-electron chi connectivity index (χ3n) is 6.19. The molecule has 0 radical (unpaired) electrons. The van der Waals surface area contributed by atoms with Gasteiger partial charge in [-0.25, -0.2) is 5.01 Å². The first-order valence-corrected chi connectivity index (χ1v) is 11.3. The summed E-state index contributed by atoms with van der Waals surface area (Å²) in [6.07, 6.45) is 3.55. The maximum absolute atomic E-state index is 13.3. The van der Waals surface area contributed by atoms with Crippen molar-refractivity contribution in [3.63, 3.8) is 0 Å². The van der Waals surface area contributed by atoms with E-state index in [4.69, 9.17) is 14.3 Å².